The van der Waals surface area contributed by atoms with E-state index in [0.717, 1.165) is 4.90 Å². The Kier molecular flexibility index (Phi) is 32.1. The van der Waals surface area contributed by atoms with Gasteiger partial charge in [-0.3, -0.25) is 47.9 Å². The van der Waals surface area contributed by atoms with Crippen molar-refractivity contribution in [1.82, 2.24) is 56.0 Å². The number of carbonyl (C=O) groups excluding carboxylic acids is 11. The Morgan fingerprint density at radius 3 is 1.40 bits per heavy atom. The summed E-state index contributed by atoms with van der Waals surface area (Å²) < 4.78 is 6.35. The number of ether oxygens (including phenoxy) is 1. The zero-order valence-electron chi connectivity index (χ0n) is 56.1. The largest absolute Gasteiger partial charge is 0.458 e. The minimum atomic E-state index is -1.23. The molecule has 1 fully saturated rings. The molecule has 85 heavy (non-hydrogen) atoms. The molecule has 0 radical (unpaired) electrons. The third kappa shape index (κ3) is 22.3. The SMILES string of the molecule is C/C=C/C[C@H](C)C1OC(=O)C(C(C)C)N(C)C(=O)[C@@H](CC(C)C)N(C)C(=O)C(CC(C)C)N(C)C(=O)[C@H](C)NC(=O)[C@@H](C)NC(=O)[C@@H](CC(C)C)N(C)C(=O)[C@@H](C(C)C)NC(=O)C(CC(C)C)N(C)C(=O)CN(C)C(=O)C(CC)NC(=O)[C@@H]1NC. The highest BCUT2D eigenvalue weighted by atomic mass is 16.5. The number of amides is 10. The smallest absolute Gasteiger partial charge is 0.329 e. The lowest BCUT2D eigenvalue weighted by atomic mass is 9.92. The quantitative estimate of drug-likeness (QED) is 0.116. The number of carbonyl (C=O) groups is 11. The highest BCUT2D eigenvalue weighted by molar-refractivity contribution is 5.98. The second kappa shape index (κ2) is 35.5. The summed E-state index contributed by atoms with van der Waals surface area (Å²) in [5.41, 5.74) is 0. The van der Waals surface area contributed by atoms with Crippen LogP contribution in [-0.2, 0) is 57.5 Å². The van der Waals surface area contributed by atoms with Crippen molar-refractivity contribution in [2.24, 2.45) is 41.4 Å². The first-order chi connectivity index (χ1) is 39.3. The molecule has 486 valence electrons. The van der Waals surface area contributed by atoms with Gasteiger partial charge in [0.25, 0.3) is 0 Å². The average Bonchev–Trinajstić information content (AvgIpc) is 3.63. The van der Waals surface area contributed by atoms with Crippen molar-refractivity contribution in [2.75, 3.05) is 55.9 Å². The van der Waals surface area contributed by atoms with Crippen LogP contribution in [-0.4, -0.2) is 217 Å². The van der Waals surface area contributed by atoms with Gasteiger partial charge in [0.05, 0.1) is 6.54 Å². The van der Waals surface area contributed by atoms with Crippen LogP contribution in [0.5, 0.6) is 0 Å². The van der Waals surface area contributed by atoms with Gasteiger partial charge in [0, 0.05) is 42.3 Å². The number of nitrogens with one attached hydrogen (secondary N) is 5. The lowest BCUT2D eigenvalue weighted by Gasteiger charge is -2.40. The Labute approximate surface area is 509 Å². The van der Waals surface area contributed by atoms with E-state index >= 15 is 4.79 Å². The molecule has 0 aromatic heterocycles. The molecule has 5 unspecified atom stereocenters. The molecule has 1 rings (SSSR count). The highest BCUT2D eigenvalue weighted by Crippen LogP contribution is 2.25. The third-order valence-electron chi connectivity index (χ3n) is 15.9. The van der Waals surface area contributed by atoms with Gasteiger partial charge in [-0.25, -0.2) is 4.79 Å². The monoisotopic (exact) mass is 1200 g/mol. The van der Waals surface area contributed by atoms with Crippen LogP contribution in [0.1, 0.15) is 156 Å². The van der Waals surface area contributed by atoms with Gasteiger partial charge < -0.3 is 60.7 Å². The van der Waals surface area contributed by atoms with Crippen LogP contribution in [0.25, 0.3) is 0 Å². The third-order valence-corrected chi connectivity index (χ3v) is 15.9. The van der Waals surface area contributed by atoms with Crippen molar-refractivity contribution in [2.45, 2.75) is 223 Å². The van der Waals surface area contributed by atoms with Crippen LogP contribution in [0.2, 0.25) is 0 Å². The maximum Gasteiger partial charge on any atom is 0.329 e. The Morgan fingerprint density at radius 1 is 0.518 bits per heavy atom. The number of hydrogen-bond acceptors (Lipinski definition) is 13. The predicted molar refractivity (Wildman–Crippen MR) is 329 cm³/mol. The molecule has 10 amide bonds. The molecule has 0 aromatic carbocycles. The van der Waals surface area contributed by atoms with E-state index < -0.39 is 156 Å². The van der Waals surface area contributed by atoms with Crippen LogP contribution in [0, 0.1) is 41.4 Å². The number of allylic oxidation sites excluding steroid dienone is 2. The van der Waals surface area contributed by atoms with E-state index in [1.165, 1.54) is 87.7 Å². The van der Waals surface area contributed by atoms with Gasteiger partial charge >= 0.3 is 5.97 Å². The summed E-state index contributed by atoms with van der Waals surface area (Å²) in [6, 6.07) is -11.7. The maximum atomic E-state index is 15.0. The molecular weight excluding hydrogens is 1090 g/mol. The summed E-state index contributed by atoms with van der Waals surface area (Å²) in [6.07, 6.45) is 3.69. The van der Waals surface area contributed by atoms with Gasteiger partial charge in [-0.1, -0.05) is 109 Å². The van der Waals surface area contributed by atoms with Gasteiger partial charge in [0.15, 0.2) is 0 Å². The fourth-order valence-corrected chi connectivity index (χ4v) is 10.6. The first-order valence-corrected chi connectivity index (χ1v) is 30.6. The molecule has 0 spiro atoms. The van der Waals surface area contributed by atoms with Gasteiger partial charge in [-0.2, -0.15) is 0 Å². The lowest BCUT2D eigenvalue weighted by molar-refractivity contribution is -0.167. The zero-order valence-corrected chi connectivity index (χ0v) is 56.1. The summed E-state index contributed by atoms with van der Waals surface area (Å²) in [7, 11) is 10.2. The molecular formula is C62H111N11O12. The summed E-state index contributed by atoms with van der Waals surface area (Å²) in [6.45, 7) is 29.7. The van der Waals surface area contributed by atoms with E-state index in [9.17, 15) is 47.9 Å². The zero-order chi connectivity index (χ0) is 65.8. The second-order valence-corrected chi connectivity index (χ2v) is 25.9. The predicted octanol–water partition coefficient (Wildman–Crippen LogP) is 3.58. The van der Waals surface area contributed by atoms with Crippen molar-refractivity contribution in [3.8, 4) is 0 Å². The van der Waals surface area contributed by atoms with Gasteiger partial charge in [-0.05, 0) is 108 Å². The number of nitrogens with zero attached hydrogens (tertiary/aromatic N) is 6. The van der Waals surface area contributed by atoms with E-state index in [0.29, 0.717) is 6.42 Å². The number of hydrogen-bond donors (Lipinski definition) is 5. The Morgan fingerprint density at radius 2 is 0.953 bits per heavy atom. The fourth-order valence-electron chi connectivity index (χ4n) is 10.6. The first kappa shape index (κ1) is 76.9. The molecule has 0 saturated carbocycles. The Hall–Kier alpha value is -6.13. The van der Waals surface area contributed by atoms with Crippen LogP contribution in [0.15, 0.2) is 12.2 Å². The van der Waals surface area contributed by atoms with Gasteiger partial charge in [0.1, 0.15) is 66.5 Å². The van der Waals surface area contributed by atoms with Crippen LogP contribution in [0.3, 0.4) is 0 Å². The minimum Gasteiger partial charge on any atom is -0.458 e. The van der Waals surface area contributed by atoms with E-state index in [4.69, 9.17) is 4.74 Å². The summed E-state index contributed by atoms with van der Waals surface area (Å²) >= 11 is 0. The summed E-state index contributed by atoms with van der Waals surface area (Å²) in [5, 5.41) is 14.1. The molecule has 0 aliphatic carbocycles. The lowest BCUT2D eigenvalue weighted by Crippen LogP contribution is -2.61. The fraction of sp³-hybridized carbons (Fsp3) is 0.790. The standard InChI is InChI=1S/C62H111N11O12/c1-25-27-28-40(15)52-50(63-18)56(78)66-43(26-2)58(80)68(19)33-48(74)69(20)44(29-34(3)4)55(77)67-49(38(11)12)61(83)70(21)45(30-35(5)6)54(76)64-41(16)53(75)65-42(17)57(79)71(22)46(31-36(7)8)59(81)72(23)47(32-37(9)10)60(82)73(24)51(39(13)14)62(84)85-52/h25,27,34-47,49-52,63H,26,28-33H2,1-24H3,(H,64,76)(H,65,75)(H,66,78)(H,67,77)/b27-25+/t40-,41+,42-,43?,44?,45+,46?,47+,49+,50+,51?,52?/m0/s1. The van der Waals surface area contributed by atoms with E-state index in [1.807, 2.05) is 81.4 Å². The molecule has 1 aliphatic rings. The van der Waals surface area contributed by atoms with Crippen molar-refractivity contribution >= 4 is 65.0 Å². The van der Waals surface area contributed by atoms with Crippen molar-refractivity contribution < 1.29 is 57.5 Å². The number of cyclic esters (lactones) is 1. The van der Waals surface area contributed by atoms with Crippen LogP contribution < -0.4 is 26.6 Å². The van der Waals surface area contributed by atoms with Crippen LogP contribution in [0.4, 0.5) is 0 Å². The summed E-state index contributed by atoms with van der Waals surface area (Å²) in [4.78, 5) is 167. The molecule has 1 saturated heterocycles. The molecule has 5 N–H and O–H groups in total. The van der Waals surface area contributed by atoms with Gasteiger partial charge in [-0.15, -0.1) is 0 Å². The van der Waals surface area contributed by atoms with Crippen molar-refractivity contribution in [3.05, 3.63) is 12.2 Å². The molecule has 0 aromatic rings. The van der Waals surface area contributed by atoms with E-state index in [1.54, 1.807) is 34.6 Å². The highest BCUT2D eigenvalue weighted by Gasteiger charge is 2.44. The van der Waals surface area contributed by atoms with E-state index in [2.05, 4.69) is 26.6 Å². The normalized spacial score (nSPS) is 27.4. The molecule has 0 bridgehead atoms. The number of likely N-dealkylation sites (N-methyl/N-ethyl adjacent to an activating group) is 7. The summed E-state index contributed by atoms with van der Waals surface area (Å²) in [5.74, 6) is -9.18. The average molecular weight is 1200 g/mol. The van der Waals surface area contributed by atoms with Gasteiger partial charge in [0.2, 0.25) is 59.1 Å². The Bertz CT molecular complexity index is 2310. The van der Waals surface area contributed by atoms with Crippen molar-refractivity contribution in [1.29, 1.82) is 0 Å². The molecule has 23 nitrogen and oxygen atoms in total. The second-order valence-electron chi connectivity index (χ2n) is 25.9. The van der Waals surface area contributed by atoms with Crippen molar-refractivity contribution in [3.63, 3.8) is 0 Å². The van der Waals surface area contributed by atoms with E-state index in [-0.39, 0.29) is 55.8 Å². The maximum absolute atomic E-state index is 15.0. The minimum absolute atomic E-state index is 0.0974. The molecule has 23 heteroatoms. The Balaban J connectivity index is 4.25. The molecule has 1 aliphatic heterocycles. The molecule has 12 atom stereocenters. The molecule has 1 heterocycles. The number of esters is 1. The first-order valence-electron chi connectivity index (χ1n) is 30.6. The van der Waals surface area contributed by atoms with Crippen LogP contribution >= 0.6 is 0 Å². The topological polar surface area (TPSA) is 277 Å². The number of rotatable bonds is 15.